The number of fused-ring (bicyclic) bond motifs is 1. The summed E-state index contributed by atoms with van der Waals surface area (Å²) in [5.41, 5.74) is 6.48. The van der Waals surface area contributed by atoms with Gasteiger partial charge in [-0.25, -0.2) is 0 Å². The van der Waals surface area contributed by atoms with Crippen LogP contribution in [0.5, 0.6) is 11.5 Å². The Kier molecular flexibility index (Phi) is 3.36. The molecule has 0 aliphatic carbocycles. The van der Waals surface area contributed by atoms with Gasteiger partial charge in [0.2, 0.25) is 12.7 Å². The van der Waals surface area contributed by atoms with E-state index in [0.717, 1.165) is 47.6 Å². The van der Waals surface area contributed by atoms with Gasteiger partial charge in [-0.1, -0.05) is 15.9 Å². The number of primary amides is 1. The van der Waals surface area contributed by atoms with Crippen LogP contribution in [0.4, 0.5) is 0 Å². The molecule has 0 saturated carbocycles. The number of amides is 1. The second-order valence-corrected chi connectivity index (χ2v) is 5.77. The van der Waals surface area contributed by atoms with Crippen LogP contribution in [0.25, 0.3) is 0 Å². The summed E-state index contributed by atoms with van der Waals surface area (Å²) in [5, 5.41) is 0. The zero-order chi connectivity index (χ0) is 13.4. The van der Waals surface area contributed by atoms with Crippen LogP contribution >= 0.6 is 15.9 Å². The first-order valence-corrected chi connectivity index (χ1v) is 7.02. The first-order chi connectivity index (χ1) is 9.13. The van der Waals surface area contributed by atoms with E-state index in [1.54, 1.807) is 0 Å². The van der Waals surface area contributed by atoms with E-state index in [9.17, 15) is 4.79 Å². The number of carbonyl (C=O) groups excluding carboxylic acids is 1. The van der Waals surface area contributed by atoms with Gasteiger partial charge in [0.05, 0.1) is 5.92 Å². The van der Waals surface area contributed by atoms with Gasteiger partial charge in [-0.2, -0.15) is 0 Å². The molecule has 2 aliphatic heterocycles. The number of ether oxygens (including phenoxy) is 2. The molecule has 19 heavy (non-hydrogen) atoms. The number of benzene rings is 1. The van der Waals surface area contributed by atoms with Crippen molar-refractivity contribution in [3.8, 4) is 11.5 Å². The molecule has 6 heteroatoms. The fraction of sp³-hybridized carbons (Fsp3) is 0.462. The summed E-state index contributed by atoms with van der Waals surface area (Å²) >= 11 is 3.55. The quantitative estimate of drug-likeness (QED) is 0.913. The minimum Gasteiger partial charge on any atom is -0.454 e. The summed E-state index contributed by atoms with van der Waals surface area (Å²) in [6.07, 6.45) is 0.845. The summed E-state index contributed by atoms with van der Waals surface area (Å²) in [4.78, 5) is 13.4. The molecule has 1 saturated heterocycles. The average molecular weight is 327 g/mol. The van der Waals surface area contributed by atoms with Gasteiger partial charge in [0.1, 0.15) is 0 Å². The Hall–Kier alpha value is -1.27. The molecule has 5 nitrogen and oxygen atoms in total. The van der Waals surface area contributed by atoms with Crippen LogP contribution in [0.1, 0.15) is 12.0 Å². The maximum atomic E-state index is 11.2. The molecule has 3 rings (SSSR count). The zero-order valence-corrected chi connectivity index (χ0v) is 12.0. The predicted molar refractivity (Wildman–Crippen MR) is 72.8 cm³/mol. The summed E-state index contributed by atoms with van der Waals surface area (Å²) in [5.74, 6) is 1.33. The van der Waals surface area contributed by atoms with E-state index in [1.165, 1.54) is 0 Å². The molecule has 1 unspecified atom stereocenters. The smallest absolute Gasteiger partial charge is 0.231 e. The minimum absolute atomic E-state index is 0.0206. The van der Waals surface area contributed by atoms with Crippen LogP contribution in [0.2, 0.25) is 0 Å². The molecular formula is C13H15BrN2O3. The molecule has 1 amide bonds. The Morgan fingerprint density at radius 1 is 1.42 bits per heavy atom. The number of nitrogens with zero attached hydrogens (tertiary/aromatic N) is 1. The van der Waals surface area contributed by atoms with Crippen molar-refractivity contribution in [2.75, 3.05) is 19.9 Å². The second kappa shape index (κ2) is 5.02. The van der Waals surface area contributed by atoms with Crippen LogP contribution in [-0.4, -0.2) is 30.7 Å². The highest BCUT2D eigenvalue weighted by Crippen LogP contribution is 2.37. The molecular weight excluding hydrogens is 312 g/mol. The maximum Gasteiger partial charge on any atom is 0.231 e. The fourth-order valence-corrected chi connectivity index (χ4v) is 2.98. The van der Waals surface area contributed by atoms with E-state index in [2.05, 4.69) is 20.8 Å². The minimum atomic E-state index is -0.202. The SMILES string of the molecule is NC(=O)C1CCN(Cc2cc3c(cc2Br)OCO3)C1. The Balaban J connectivity index is 1.72. The van der Waals surface area contributed by atoms with Gasteiger partial charge in [0.25, 0.3) is 0 Å². The topological polar surface area (TPSA) is 64.8 Å². The van der Waals surface area contributed by atoms with Crippen LogP contribution in [0.3, 0.4) is 0 Å². The Morgan fingerprint density at radius 2 is 2.16 bits per heavy atom. The fourth-order valence-electron chi connectivity index (χ4n) is 2.53. The van der Waals surface area contributed by atoms with E-state index in [-0.39, 0.29) is 18.6 Å². The van der Waals surface area contributed by atoms with Gasteiger partial charge in [0.15, 0.2) is 11.5 Å². The van der Waals surface area contributed by atoms with Crippen LogP contribution in [-0.2, 0) is 11.3 Å². The Morgan fingerprint density at radius 3 is 2.84 bits per heavy atom. The first-order valence-electron chi connectivity index (χ1n) is 6.23. The summed E-state index contributed by atoms with van der Waals surface area (Å²) in [6.45, 7) is 2.68. The normalized spacial score (nSPS) is 21.8. The van der Waals surface area contributed by atoms with E-state index in [0.29, 0.717) is 0 Å². The molecule has 1 fully saturated rings. The van der Waals surface area contributed by atoms with Crippen molar-refractivity contribution in [1.82, 2.24) is 4.90 Å². The number of carbonyl (C=O) groups is 1. The van der Waals surface area contributed by atoms with Crippen LogP contribution in [0.15, 0.2) is 16.6 Å². The lowest BCUT2D eigenvalue weighted by molar-refractivity contribution is -0.121. The van der Waals surface area contributed by atoms with E-state index >= 15 is 0 Å². The van der Waals surface area contributed by atoms with Crippen LogP contribution in [0, 0.1) is 5.92 Å². The van der Waals surface area contributed by atoms with Crippen molar-refractivity contribution >= 4 is 21.8 Å². The van der Waals surface area contributed by atoms with E-state index in [1.807, 2.05) is 12.1 Å². The molecule has 0 radical (unpaired) electrons. The highest BCUT2D eigenvalue weighted by molar-refractivity contribution is 9.10. The molecule has 102 valence electrons. The number of rotatable bonds is 3. The van der Waals surface area contributed by atoms with Crippen molar-refractivity contribution in [3.63, 3.8) is 0 Å². The number of likely N-dealkylation sites (tertiary alicyclic amines) is 1. The van der Waals surface area contributed by atoms with Crippen molar-refractivity contribution in [2.45, 2.75) is 13.0 Å². The highest BCUT2D eigenvalue weighted by atomic mass is 79.9. The van der Waals surface area contributed by atoms with Crippen LogP contribution < -0.4 is 15.2 Å². The lowest BCUT2D eigenvalue weighted by atomic mass is 10.1. The molecule has 2 heterocycles. The van der Waals surface area contributed by atoms with Crippen molar-refractivity contribution < 1.29 is 14.3 Å². The molecule has 2 aliphatic rings. The molecule has 0 aromatic heterocycles. The average Bonchev–Trinajstić information content (AvgIpc) is 2.98. The van der Waals surface area contributed by atoms with Gasteiger partial charge in [-0.15, -0.1) is 0 Å². The van der Waals surface area contributed by atoms with Crippen molar-refractivity contribution in [3.05, 3.63) is 22.2 Å². The summed E-state index contributed by atoms with van der Waals surface area (Å²) in [6, 6.07) is 3.92. The zero-order valence-electron chi connectivity index (χ0n) is 10.4. The molecule has 1 aromatic carbocycles. The number of halogens is 1. The standard InChI is InChI=1S/C13H15BrN2O3/c14-10-4-12-11(18-7-19-12)3-9(10)6-16-2-1-8(5-16)13(15)17/h3-4,8H,1-2,5-7H2,(H2,15,17). The highest BCUT2D eigenvalue weighted by Gasteiger charge is 2.27. The van der Waals surface area contributed by atoms with Crippen molar-refractivity contribution in [1.29, 1.82) is 0 Å². The van der Waals surface area contributed by atoms with E-state index in [4.69, 9.17) is 15.2 Å². The maximum absolute atomic E-state index is 11.2. The third-order valence-electron chi connectivity index (χ3n) is 3.61. The van der Waals surface area contributed by atoms with Crippen molar-refractivity contribution in [2.24, 2.45) is 11.7 Å². The molecule has 0 spiro atoms. The monoisotopic (exact) mass is 326 g/mol. The molecule has 0 bridgehead atoms. The lowest BCUT2D eigenvalue weighted by Crippen LogP contribution is -2.27. The first kappa shape index (κ1) is 12.7. The van der Waals surface area contributed by atoms with Gasteiger partial charge >= 0.3 is 0 Å². The van der Waals surface area contributed by atoms with Gasteiger partial charge in [-0.3, -0.25) is 9.69 Å². The Labute approximate surface area is 119 Å². The predicted octanol–water partition coefficient (Wildman–Crippen LogP) is 1.48. The molecule has 1 aromatic rings. The molecule has 1 atom stereocenters. The summed E-state index contributed by atoms with van der Waals surface area (Å²) in [7, 11) is 0. The van der Waals surface area contributed by atoms with E-state index < -0.39 is 0 Å². The summed E-state index contributed by atoms with van der Waals surface area (Å²) < 4.78 is 11.7. The largest absolute Gasteiger partial charge is 0.454 e. The van der Waals surface area contributed by atoms with Gasteiger partial charge in [-0.05, 0) is 30.7 Å². The number of hydrogen-bond donors (Lipinski definition) is 1. The van der Waals surface area contributed by atoms with Gasteiger partial charge in [0, 0.05) is 17.6 Å². The Bertz CT molecular complexity index is 521. The van der Waals surface area contributed by atoms with Gasteiger partial charge < -0.3 is 15.2 Å². The number of nitrogens with two attached hydrogens (primary N) is 1. The number of hydrogen-bond acceptors (Lipinski definition) is 4. The lowest BCUT2D eigenvalue weighted by Gasteiger charge is -2.16. The third-order valence-corrected chi connectivity index (χ3v) is 4.35. The third kappa shape index (κ3) is 2.55. The molecule has 2 N–H and O–H groups in total. The second-order valence-electron chi connectivity index (χ2n) is 4.92.